The van der Waals surface area contributed by atoms with E-state index in [1.54, 1.807) is 11.7 Å². The summed E-state index contributed by atoms with van der Waals surface area (Å²) in [4.78, 5) is 13.1. The summed E-state index contributed by atoms with van der Waals surface area (Å²) in [6, 6.07) is 7.88. The Morgan fingerprint density at radius 3 is 2.58 bits per heavy atom. The van der Waals surface area contributed by atoms with Crippen LogP contribution < -0.4 is 10.1 Å². The van der Waals surface area contributed by atoms with Gasteiger partial charge in [0.05, 0.1) is 26.1 Å². The van der Waals surface area contributed by atoms with Gasteiger partial charge in [-0.2, -0.15) is 0 Å². The van der Waals surface area contributed by atoms with E-state index in [4.69, 9.17) is 9.47 Å². The molecule has 0 saturated carbocycles. The molecule has 1 fully saturated rings. The van der Waals surface area contributed by atoms with Gasteiger partial charge in [-0.15, -0.1) is 0 Å². The lowest BCUT2D eigenvalue weighted by atomic mass is 10.0. The normalized spacial score (nSPS) is 24.4. The van der Waals surface area contributed by atoms with E-state index in [0.29, 0.717) is 17.0 Å². The lowest BCUT2D eigenvalue weighted by molar-refractivity contribution is -0.0511. The number of methoxy groups -OCH3 is 1. The van der Waals surface area contributed by atoms with E-state index in [0.717, 1.165) is 24.2 Å². The average Bonchev–Trinajstić information content (AvgIpc) is 3.35. The van der Waals surface area contributed by atoms with Crippen LogP contribution in [0.1, 0.15) is 37.6 Å². The maximum Gasteiger partial charge on any atom is 0.167 e. The number of ether oxygens (including phenoxy) is 2. The Balaban J connectivity index is 1.64. The fourth-order valence-electron chi connectivity index (χ4n) is 3.87. The predicted octanol–water partition coefficient (Wildman–Crippen LogP) is 1.40. The number of benzene rings is 1. The first kappa shape index (κ1) is 21.4. The molecule has 10 heteroatoms. The number of fused-ring (bicyclic) bond motifs is 1. The van der Waals surface area contributed by atoms with Crippen LogP contribution in [0.3, 0.4) is 0 Å². The number of hydrogen-bond donors (Lipinski definition) is 4. The monoisotopic (exact) mass is 429 g/mol. The van der Waals surface area contributed by atoms with E-state index in [9.17, 15) is 15.3 Å². The molecule has 31 heavy (non-hydrogen) atoms. The molecule has 10 nitrogen and oxygen atoms in total. The van der Waals surface area contributed by atoms with Gasteiger partial charge < -0.3 is 30.1 Å². The van der Waals surface area contributed by atoms with Gasteiger partial charge in [0.25, 0.3) is 0 Å². The lowest BCUT2D eigenvalue weighted by Crippen LogP contribution is -2.33. The maximum absolute atomic E-state index is 10.4. The number of nitrogens with zero attached hydrogens (tertiary/aromatic N) is 4. The van der Waals surface area contributed by atoms with Crippen molar-refractivity contribution in [3.63, 3.8) is 0 Å². The van der Waals surface area contributed by atoms with Gasteiger partial charge in [-0.25, -0.2) is 15.0 Å². The van der Waals surface area contributed by atoms with E-state index in [2.05, 4.69) is 27.2 Å². The average molecular weight is 429 g/mol. The summed E-state index contributed by atoms with van der Waals surface area (Å²) >= 11 is 0. The zero-order chi connectivity index (χ0) is 22.0. The van der Waals surface area contributed by atoms with Gasteiger partial charge >= 0.3 is 0 Å². The van der Waals surface area contributed by atoms with Crippen molar-refractivity contribution in [3.8, 4) is 5.75 Å². The molecule has 0 aliphatic carbocycles. The van der Waals surface area contributed by atoms with Gasteiger partial charge in [0.1, 0.15) is 30.4 Å². The molecule has 1 aromatic carbocycles. The van der Waals surface area contributed by atoms with E-state index >= 15 is 0 Å². The number of aromatic nitrogens is 4. The molecule has 0 bridgehead atoms. The lowest BCUT2D eigenvalue weighted by Gasteiger charge is -2.20. The number of imidazole rings is 1. The van der Waals surface area contributed by atoms with Crippen LogP contribution in [0.15, 0.2) is 36.9 Å². The number of hydrogen-bond acceptors (Lipinski definition) is 9. The molecular weight excluding hydrogens is 402 g/mol. The minimum atomic E-state index is -1.21. The molecule has 0 amide bonds. The van der Waals surface area contributed by atoms with E-state index in [-0.39, 0.29) is 6.04 Å². The molecule has 4 N–H and O–H groups in total. The first-order valence-corrected chi connectivity index (χ1v) is 10.3. The Morgan fingerprint density at radius 2 is 1.94 bits per heavy atom. The molecule has 1 aliphatic rings. The van der Waals surface area contributed by atoms with E-state index in [1.807, 2.05) is 24.3 Å². The zero-order valence-corrected chi connectivity index (χ0v) is 17.4. The highest BCUT2D eigenvalue weighted by Gasteiger charge is 2.44. The van der Waals surface area contributed by atoms with Crippen LogP contribution in [0, 0.1) is 0 Å². The Morgan fingerprint density at radius 1 is 1.16 bits per heavy atom. The second-order valence-electron chi connectivity index (χ2n) is 7.53. The number of aliphatic hydroxyl groups is 3. The summed E-state index contributed by atoms with van der Waals surface area (Å²) < 4.78 is 12.4. The molecule has 3 heterocycles. The number of nitrogens with one attached hydrogen (secondary N) is 1. The summed E-state index contributed by atoms with van der Waals surface area (Å²) in [6.07, 6.45) is 0.564. The SMILES string of the molecule is CCCC(Nc1ncnc2c1ncn2[C@@H]1O[C@H](CO)C(O)[C@@H]1O)c1ccc(OC)cc1. The fraction of sp³-hybridized carbons (Fsp3) is 0.476. The van der Waals surface area contributed by atoms with Gasteiger partial charge in [-0.3, -0.25) is 4.57 Å². The number of anilines is 1. The van der Waals surface area contributed by atoms with E-state index < -0.39 is 31.1 Å². The summed E-state index contributed by atoms with van der Waals surface area (Å²) in [7, 11) is 1.64. The van der Waals surface area contributed by atoms with Crippen LogP contribution in [0.25, 0.3) is 11.2 Å². The van der Waals surface area contributed by atoms with Crippen LogP contribution in [0.5, 0.6) is 5.75 Å². The highest BCUT2D eigenvalue weighted by Crippen LogP contribution is 2.33. The molecule has 5 atom stereocenters. The predicted molar refractivity (Wildman–Crippen MR) is 113 cm³/mol. The smallest absolute Gasteiger partial charge is 0.167 e. The fourth-order valence-corrected chi connectivity index (χ4v) is 3.87. The van der Waals surface area contributed by atoms with Crippen LogP contribution in [-0.2, 0) is 4.74 Å². The third-order valence-corrected chi connectivity index (χ3v) is 5.56. The van der Waals surface area contributed by atoms with Gasteiger partial charge in [0.2, 0.25) is 0 Å². The molecule has 1 aliphatic heterocycles. The molecule has 2 unspecified atom stereocenters. The van der Waals surface area contributed by atoms with E-state index in [1.165, 1.54) is 12.7 Å². The van der Waals surface area contributed by atoms with Gasteiger partial charge in [0.15, 0.2) is 23.2 Å². The first-order valence-electron chi connectivity index (χ1n) is 10.3. The minimum absolute atomic E-state index is 0.00747. The molecule has 0 spiro atoms. The minimum Gasteiger partial charge on any atom is -0.497 e. The zero-order valence-electron chi connectivity index (χ0n) is 17.4. The van der Waals surface area contributed by atoms with Gasteiger partial charge in [-0.1, -0.05) is 25.5 Å². The third kappa shape index (κ3) is 4.07. The Bertz CT molecular complexity index is 1010. The van der Waals surface area contributed by atoms with Crippen molar-refractivity contribution in [2.45, 2.75) is 50.3 Å². The molecule has 4 rings (SSSR count). The van der Waals surface area contributed by atoms with Crippen molar-refractivity contribution >= 4 is 17.0 Å². The van der Waals surface area contributed by atoms with Gasteiger partial charge in [-0.05, 0) is 24.1 Å². The summed E-state index contributed by atoms with van der Waals surface area (Å²) in [5.74, 6) is 1.35. The van der Waals surface area contributed by atoms with Gasteiger partial charge in [0, 0.05) is 0 Å². The van der Waals surface area contributed by atoms with Crippen molar-refractivity contribution in [1.82, 2.24) is 19.5 Å². The highest BCUT2D eigenvalue weighted by atomic mass is 16.6. The molecule has 0 radical (unpaired) electrons. The number of aliphatic hydroxyl groups excluding tert-OH is 3. The number of rotatable bonds is 8. The summed E-state index contributed by atoms with van der Waals surface area (Å²) in [5, 5.41) is 33.2. The van der Waals surface area contributed by atoms with Crippen molar-refractivity contribution in [3.05, 3.63) is 42.5 Å². The van der Waals surface area contributed by atoms with Crippen molar-refractivity contribution in [2.24, 2.45) is 0 Å². The Kier molecular flexibility index (Phi) is 6.33. The largest absolute Gasteiger partial charge is 0.497 e. The maximum atomic E-state index is 10.4. The molecule has 166 valence electrons. The van der Waals surface area contributed by atoms with Crippen LogP contribution in [0.2, 0.25) is 0 Å². The Hall–Kier alpha value is -2.79. The Labute approximate surface area is 179 Å². The molecule has 2 aromatic heterocycles. The van der Waals surface area contributed by atoms with Crippen molar-refractivity contribution in [1.29, 1.82) is 0 Å². The van der Waals surface area contributed by atoms with Crippen LogP contribution in [-0.4, -0.2) is 66.9 Å². The summed E-state index contributed by atoms with van der Waals surface area (Å²) in [5.41, 5.74) is 2.07. The first-order chi connectivity index (χ1) is 15.1. The molecule has 1 saturated heterocycles. The molecular formula is C21H27N5O5. The quantitative estimate of drug-likeness (QED) is 0.419. The topological polar surface area (TPSA) is 135 Å². The highest BCUT2D eigenvalue weighted by molar-refractivity contribution is 5.83. The summed E-state index contributed by atoms with van der Waals surface area (Å²) in [6.45, 7) is 1.72. The second kappa shape index (κ2) is 9.15. The van der Waals surface area contributed by atoms with Crippen LogP contribution in [0.4, 0.5) is 5.82 Å². The van der Waals surface area contributed by atoms with Crippen molar-refractivity contribution < 1.29 is 24.8 Å². The molecule has 3 aromatic rings. The second-order valence-corrected chi connectivity index (χ2v) is 7.53. The standard InChI is InChI=1S/C21H27N5O5/c1-3-4-14(12-5-7-13(30-2)8-6-12)25-19-16-20(23-10-22-19)26(11-24-16)21-18(29)17(28)15(9-27)31-21/h5-8,10-11,14-15,17-18,21,27-29H,3-4,9H2,1-2H3,(H,22,23,25)/t14?,15-,17?,18+,21-/m1/s1. The van der Waals surface area contributed by atoms with Crippen molar-refractivity contribution in [2.75, 3.05) is 19.0 Å². The van der Waals surface area contributed by atoms with Crippen LogP contribution >= 0.6 is 0 Å². The third-order valence-electron chi connectivity index (χ3n) is 5.56.